The van der Waals surface area contributed by atoms with Gasteiger partial charge in [0.25, 0.3) is 11.8 Å². The molecule has 33 heavy (non-hydrogen) atoms. The average Bonchev–Trinajstić information content (AvgIpc) is 3.51. The summed E-state index contributed by atoms with van der Waals surface area (Å²) in [5, 5.41) is 5.47. The second-order valence-electron chi connectivity index (χ2n) is 7.98. The van der Waals surface area contributed by atoms with Gasteiger partial charge in [-0.3, -0.25) is 14.2 Å². The topological polar surface area (TPSA) is 102 Å². The standard InChI is InChI=1S/C23H22F3N5O2/c1-13-5-6-15(21(32)30-17-7-8-17)10-18(13)31-12-29-19(20(31)27)22(33)28-11-14-3-2-4-16(9-14)23(24,25)26/h2-6,9-10,12,17H,7-8,11,27H2,1H3,(H,28,33)(H,30,32). The number of aryl methyl sites for hydroxylation is 1. The molecule has 1 aliphatic rings. The minimum Gasteiger partial charge on any atom is -0.383 e. The van der Waals surface area contributed by atoms with Crippen molar-refractivity contribution in [3.8, 4) is 5.69 Å². The molecule has 0 bridgehead atoms. The molecule has 7 nitrogen and oxygen atoms in total. The number of imidazole rings is 1. The van der Waals surface area contributed by atoms with E-state index in [1.807, 2.05) is 6.92 Å². The fraction of sp³-hybridized carbons (Fsp3) is 0.261. The Hall–Kier alpha value is -3.82. The van der Waals surface area contributed by atoms with Crippen molar-refractivity contribution in [1.82, 2.24) is 20.2 Å². The summed E-state index contributed by atoms with van der Waals surface area (Å²) < 4.78 is 40.2. The summed E-state index contributed by atoms with van der Waals surface area (Å²) in [6.07, 6.45) is -1.15. The van der Waals surface area contributed by atoms with Crippen molar-refractivity contribution in [3.05, 3.63) is 76.7 Å². The molecule has 4 N–H and O–H groups in total. The second-order valence-corrected chi connectivity index (χ2v) is 7.98. The molecule has 1 fully saturated rings. The Morgan fingerprint density at radius 3 is 2.61 bits per heavy atom. The molecule has 172 valence electrons. The highest BCUT2D eigenvalue weighted by atomic mass is 19.4. The van der Waals surface area contributed by atoms with Crippen LogP contribution in [0.2, 0.25) is 0 Å². The molecule has 0 saturated heterocycles. The summed E-state index contributed by atoms with van der Waals surface area (Å²) in [6, 6.07) is 10.1. The number of carbonyl (C=O) groups excluding carboxylic acids is 2. The van der Waals surface area contributed by atoms with E-state index in [0.717, 1.165) is 30.5 Å². The summed E-state index contributed by atoms with van der Waals surface area (Å²) in [6.45, 7) is 1.72. The van der Waals surface area contributed by atoms with Crippen LogP contribution < -0.4 is 16.4 Å². The zero-order valence-electron chi connectivity index (χ0n) is 17.7. The number of nitrogens with one attached hydrogen (secondary N) is 2. The summed E-state index contributed by atoms with van der Waals surface area (Å²) in [5.41, 5.74) is 7.48. The molecule has 0 aliphatic heterocycles. The lowest BCUT2D eigenvalue weighted by Crippen LogP contribution is -2.25. The molecule has 1 aromatic heterocycles. The van der Waals surface area contributed by atoms with E-state index < -0.39 is 17.6 Å². The Labute approximate surface area is 187 Å². The lowest BCUT2D eigenvalue weighted by molar-refractivity contribution is -0.137. The molecular formula is C23H22F3N5O2. The van der Waals surface area contributed by atoms with Crippen LogP contribution in [0.5, 0.6) is 0 Å². The molecule has 0 spiro atoms. The van der Waals surface area contributed by atoms with E-state index in [-0.39, 0.29) is 30.0 Å². The van der Waals surface area contributed by atoms with Crippen molar-refractivity contribution in [2.75, 3.05) is 5.73 Å². The summed E-state index contributed by atoms with van der Waals surface area (Å²) in [7, 11) is 0. The Morgan fingerprint density at radius 1 is 1.15 bits per heavy atom. The summed E-state index contributed by atoms with van der Waals surface area (Å²) in [4.78, 5) is 29.1. The van der Waals surface area contributed by atoms with E-state index in [2.05, 4.69) is 15.6 Å². The molecular weight excluding hydrogens is 435 g/mol. The third kappa shape index (κ3) is 5.00. The quantitative estimate of drug-likeness (QED) is 0.526. The SMILES string of the molecule is Cc1ccc(C(=O)NC2CC2)cc1-n1cnc(C(=O)NCc2cccc(C(F)(F)F)c2)c1N. The maximum Gasteiger partial charge on any atom is 0.416 e. The Balaban J connectivity index is 1.51. The number of hydrogen-bond acceptors (Lipinski definition) is 4. The first-order valence-electron chi connectivity index (χ1n) is 10.3. The molecule has 1 heterocycles. The van der Waals surface area contributed by atoms with Crippen molar-refractivity contribution in [1.29, 1.82) is 0 Å². The number of aromatic nitrogens is 2. The van der Waals surface area contributed by atoms with Crippen LogP contribution in [-0.2, 0) is 12.7 Å². The lowest BCUT2D eigenvalue weighted by atomic mass is 10.1. The van der Waals surface area contributed by atoms with Crippen molar-refractivity contribution >= 4 is 17.6 Å². The molecule has 4 rings (SSSR count). The van der Waals surface area contributed by atoms with Gasteiger partial charge in [0.1, 0.15) is 12.1 Å². The molecule has 0 radical (unpaired) electrons. The van der Waals surface area contributed by atoms with Gasteiger partial charge in [0.2, 0.25) is 0 Å². The van der Waals surface area contributed by atoms with Gasteiger partial charge in [-0.05, 0) is 55.2 Å². The normalized spacial score (nSPS) is 13.6. The summed E-state index contributed by atoms with van der Waals surface area (Å²) in [5.74, 6) is -0.750. The Bertz CT molecular complexity index is 1220. The molecule has 10 heteroatoms. The van der Waals surface area contributed by atoms with Crippen molar-refractivity contribution in [2.45, 2.75) is 38.5 Å². The summed E-state index contributed by atoms with van der Waals surface area (Å²) >= 11 is 0. The maximum absolute atomic E-state index is 12.9. The average molecular weight is 457 g/mol. The van der Waals surface area contributed by atoms with Gasteiger partial charge < -0.3 is 16.4 Å². The molecule has 0 unspecified atom stereocenters. The number of nitrogens with zero attached hydrogens (tertiary/aromatic N) is 2. The number of amides is 2. The fourth-order valence-electron chi connectivity index (χ4n) is 3.36. The highest BCUT2D eigenvalue weighted by Gasteiger charge is 2.30. The number of alkyl halides is 3. The van der Waals surface area contributed by atoms with Crippen LogP contribution in [0.1, 0.15) is 50.4 Å². The zero-order chi connectivity index (χ0) is 23.8. The van der Waals surface area contributed by atoms with Crippen LogP contribution in [0.25, 0.3) is 5.69 Å². The van der Waals surface area contributed by atoms with Crippen LogP contribution in [0.15, 0.2) is 48.8 Å². The van der Waals surface area contributed by atoms with Gasteiger partial charge in [-0.1, -0.05) is 18.2 Å². The monoisotopic (exact) mass is 457 g/mol. The third-order valence-corrected chi connectivity index (χ3v) is 5.37. The van der Waals surface area contributed by atoms with Crippen LogP contribution in [0.4, 0.5) is 19.0 Å². The number of benzene rings is 2. The number of carbonyl (C=O) groups is 2. The molecule has 2 aromatic carbocycles. The zero-order valence-corrected chi connectivity index (χ0v) is 17.7. The van der Waals surface area contributed by atoms with E-state index >= 15 is 0 Å². The minimum atomic E-state index is -4.47. The number of anilines is 1. The van der Waals surface area contributed by atoms with Crippen LogP contribution in [-0.4, -0.2) is 27.4 Å². The molecule has 0 atom stereocenters. The minimum absolute atomic E-state index is 0.0550. The van der Waals surface area contributed by atoms with Gasteiger partial charge in [-0.25, -0.2) is 4.98 Å². The fourth-order valence-corrected chi connectivity index (χ4v) is 3.36. The van der Waals surface area contributed by atoms with Crippen molar-refractivity contribution in [3.63, 3.8) is 0 Å². The molecule has 3 aromatic rings. The molecule has 2 amide bonds. The maximum atomic E-state index is 12.9. The van der Waals surface area contributed by atoms with E-state index in [9.17, 15) is 22.8 Å². The van der Waals surface area contributed by atoms with E-state index in [4.69, 9.17) is 5.73 Å². The first-order chi connectivity index (χ1) is 15.6. The Morgan fingerprint density at radius 2 is 1.91 bits per heavy atom. The lowest BCUT2D eigenvalue weighted by Gasteiger charge is -2.12. The predicted molar refractivity (Wildman–Crippen MR) is 116 cm³/mol. The highest BCUT2D eigenvalue weighted by molar-refractivity contribution is 5.97. The number of hydrogen-bond donors (Lipinski definition) is 3. The smallest absolute Gasteiger partial charge is 0.383 e. The predicted octanol–water partition coefficient (Wildman–Crippen LogP) is 3.60. The van der Waals surface area contributed by atoms with Crippen LogP contribution in [0, 0.1) is 6.92 Å². The highest BCUT2D eigenvalue weighted by Crippen LogP contribution is 2.29. The third-order valence-electron chi connectivity index (χ3n) is 5.37. The van der Waals surface area contributed by atoms with Gasteiger partial charge in [0, 0.05) is 18.2 Å². The largest absolute Gasteiger partial charge is 0.416 e. The number of halogens is 3. The Kier molecular flexibility index (Phi) is 5.84. The van der Waals surface area contributed by atoms with Crippen LogP contribution in [0.3, 0.4) is 0 Å². The molecule has 1 aliphatic carbocycles. The van der Waals surface area contributed by atoms with Crippen molar-refractivity contribution in [2.24, 2.45) is 0 Å². The molecule has 1 saturated carbocycles. The van der Waals surface area contributed by atoms with E-state index in [1.165, 1.54) is 23.0 Å². The second kappa shape index (κ2) is 8.61. The van der Waals surface area contributed by atoms with Crippen molar-refractivity contribution < 1.29 is 22.8 Å². The number of rotatable bonds is 6. The van der Waals surface area contributed by atoms with Gasteiger partial charge in [0.05, 0.1) is 11.3 Å². The van der Waals surface area contributed by atoms with Gasteiger partial charge in [0.15, 0.2) is 5.69 Å². The van der Waals surface area contributed by atoms with Gasteiger partial charge in [-0.2, -0.15) is 13.2 Å². The number of nitrogens with two attached hydrogens (primary N) is 1. The number of nitrogen functional groups attached to an aromatic ring is 1. The first-order valence-corrected chi connectivity index (χ1v) is 10.3. The van der Waals surface area contributed by atoms with E-state index in [0.29, 0.717) is 16.8 Å². The first kappa shape index (κ1) is 22.4. The van der Waals surface area contributed by atoms with Crippen LogP contribution >= 0.6 is 0 Å². The van der Waals surface area contributed by atoms with Gasteiger partial charge >= 0.3 is 6.18 Å². The van der Waals surface area contributed by atoms with E-state index in [1.54, 1.807) is 18.2 Å². The van der Waals surface area contributed by atoms with Gasteiger partial charge in [-0.15, -0.1) is 0 Å².